The molecule has 0 saturated carbocycles. The van der Waals surface area contributed by atoms with E-state index in [0.717, 1.165) is 44.6 Å². The van der Waals surface area contributed by atoms with Gasteiger partial charge in [0.15, 0.2) is 0 Å². The van der Waals surface area contributed by atoms with Crippen molar-refractivity contribution in [2.24, 2.45) is 0 Å². The first-order chi connectivity index (χ1) is 19.0. The Balaban J connectivity index is 1.56. The van der Waals surface area contributed by atoms with Crippen LogP contribution in [0.4, 0.5) is 10.1 Å². The highest BCUT2D eigenvalue weighted by molar-refractivity contribution is 7.12. The second kappa shape index (κ2) is 10.8. The maximum atomic E-state index is 14.0. The van der Waals surface area contributed by atoms with Crippen LogP contribution in [0.15, 0.2) is 66.1 Å². The van der Waals surface area contributed by atoms with E-state index in [2.05, 4.69) is 38.2 Å². The maximum Gasteiger partial charge on any atom is 0.353 e. The van der Waals surface area contributed by atoms with Gasteiger partial charge >= 0.3 is 5.97 Å². The van der Waals surface area contributed by atoms with E-state index in [1.807, 2.05) is 37.4 Å². The Morgan fingerprint density at radius 1 is 0.975 bits per heavy atom. The molecule has 4 aromatic rings. The minimum absolute atomic E-state index is 0.208. The Morgan fingerprint density at radius 3 is 2.48 bits per heavy atom. The standard InChI is InChI=1S/C33H32FNO4S/c1-19-13-30(40-18-19)32(36)39-23-9-10-25(29(15-23)37-6)24-11-12-27-31(21(3)16-33(4,5)35-27)26(24)17-38-28-14-22(34)8-7-20(28)2/h7-16,18,35H,17H2,1-6H3. The van der Waals surface area contributed by atoms with Crippen molar-refractivity contribution in [3.63, 3.8) is 0 Å². The van der Waals surface area contributed by atoms with Crippen LogP contribution in [0.5, 0.6) is 17.2 Å². The molecule has 3 aromatic carbocycles. The molecule has 0 fully saturated rings. The molecular weight excluding hydrogens is 525 g/mol. The number of fused-ring (bicyclic) bond motifs is 1. The molecular formula is C33H32FNO4S. The molecule has 1 aliphatic rings. The Labute approximate surface area is 238 Å². The number of carbonyl (C=O) groups excluding carboxylic acids is 1. The van der Waals surface area contributed by atoms with Crippen LogP contribution in [0.2, 0.25) is 0 Å². The van der Waals surface area contributed by atoms with Crippen LogP contribution in [0.25, 0.3) is 16.7 Å². The molecule has 0 amide bonds. The van der Waals surface area contributed by atoms with Crippen molar-refractivity contribution in [3.8, 4) is 28.4 Å². The van der Waals surface area contributed by atoms with E-state index in [1.54, 1.807) is 25.3 Å². The Hall–Kier alpha value is -4.10. The van der Waals surface area contributed by atoms with Gasteiger partial charge in [0, 0.05) is 34.5 Å². The van der Waals surface area contributed by atoms with Gasteiger partial charge in [-0.25, -0.2) is 9.18 Å². The van der Waals surface area contributed by atoms with E-state index >= 15 is 0 Å². The van der Waals surface area contributed by atoms with Crippen LogP contribution in [-0.4, -0.2) is 18.6 Å². The van der Waals surface area contributed by atoms with Crippen molar-refractivity contribution in [2.45, 2.75) is 46.8 Å². The van der Waals surface area contributed by atoms with Gasteiger partial charge in [-0.2, -0.15) is 0 Å². The van der Waals surface area contributed by atoms with Crippen molar-refractivity contribution in [2.75, 3.05) is 12.4 Å². The average Bonchev–Trinajstić information content (AvgIpc) is 3.34. The maximum absolute atomic E-state index is 14.0. The van der Waals surface area contributed by atoms with Crippen LogP contribution in [0.1, 0.15) is 52.7 Å². The second-order valence-electron chi connectivity index (χ2n) is 10.6. The van der Waals surface area contributed by atoms with Gasteiger partial charge in [0.2, 0.25) is 0 Å². The summed E-state index contributed by atoms with van der Waals surface area (Å²) in [5.74, 6) is 0.687. The third-order valence-electron chi connectivity index (χ3n) is 6.87. The van der Waals surface area contributed by atoms with E-state index in [1.165, 1.54) is 23.5 Å². The molecule has 0 radical (unpaired) electrons. The number of ether oxygens (including phenoxy) is 3. The number of hydrogen-bond acceptors (Lipinski definition) is 6. The number of esters is 1. The van der Waals surface area contributed by atoms with E-state index in [0.29, 0.717) is 22.1 Å². The fourth-order valence-electron chi connectivity index (χ4n) is 5.13. The van der Waals surface area contributed by atoms with Crippen LogP contribution >= 0.6 is 11.3 Å². The van der Waals surface area contributed by atoms with E-state index in [9.17, 15) is 9.18 Å². The van der Waals surface area contributed by atoms with Crippen LogP contribution < -0.4 is 19.5 Å². The molecule has 2 heterocycles. The lowest BCUT2D eigenvalue weighted by Crippen LogP contribution is -2.32. The highest BCUT2D eigenvalue weighted by Gasteiger charge is 2.27. The molecule has 1 aromatic heterocycles. The number of nitrogens with one attached hydrogen (secondary N) is 1. The van der Waals surface area contributed by atoms with Crippen LogP contribution in [-0.2, 0) is 6.61 Å². The summed E-state index contributed by atoms with van der Waals surface area (Å²) < 4.78 is 31.7. The predicted octanol–water partition coefficient (Wildman–Crippen LogP) is 8.59. The zero-order valence-electron chi connectivity index (χ0n) is 23.5. The summed E-state index contributed by atoms with van der Waals surface area (Å²) in [5, 5.41) is 5.52. The zero-order chi connectivity index (χ0) is 28.6. The van der Waals surface area contributed by atoms with E-state index in [4.69, 9.17) is 14.2 Å². The number of aryl methyl sites for hydroxylation is 2. The highest BCUT2D eigenvalue weighted by atomic mass is 32.1. The number of thiophene rings is 1. The van der Waals surface area contributed by atoms with Gasteiger partial charge in [-0.3, -0.25) is 0 Å². The van der Waals surface area contributed by atoms with Crippen molar-refractivity contribution in [1.82, 2.24) is 0 Å². The normalized spacial score (nSPS) is 13.6. The monoisotopic (exact) mass is 557 g/mol. The molecule has 0 unspecified atom stereocenters. The lowest BCUT2D eigenvalue weighted by Gasteiger charge is -2.33. The first-order valence-electron chi connectivity index (χ1n) is 13.0. The lowest BCUT2D eigenvalue weighted by atomic mass is 9.85. The SMILES string of the molecule is COc1cc(OC(=O)c2cc(C)cs2)ccc1-c1ccc2c(c1COc1cc(F)ccc1C)C(C)=CC(C)(C)N2. The van der Waals surface area contributed by atoms with Crippen LogP contribution in [0.3, 0.4) is 0 Å². The number of benzene rings is 3. The first kappa shape index (κ1) is 27.5. The lowest BCUT2D eigenvalue weighted by molar-refractivity contribution is 0.0739. The number of allylic oxidation sites excluding steroid dienone is 1. The van der Waals surface area contributed by atoms with Gasteiger partial charge in [0.1, 0.15) is 34.5 Å². The molecule has 0 atom stereocenters. The largest absolute Gasteiger partial charge is 0.496 e. The molecule has 5 rings (SSSR count). The van der Waals surface area contributed by atoms with Gasteiger partial charge in [0.05, 0.1) is 12.6 Å². The summed E-state index contributed by atoms with van der Waals surface area (Å²) in [5.41, 5.74) is 7.48. The zero-order valence-corrected chi connectivity index (χ0v) is 24.3. The van der Waals surface area contributed by atoms with E-state index in [-0.39, 0.29) is 18.0 Å². The molecule has 5 nitrogen and oxygen atoms in total. The van der Waals surface area contributed by atoms with Crippen molar-refractivity contribution >= 4 is 28.6 Å². The Kier molecular flexibility index (Phi) is 7.43. The summed E-state index contributed by atoms with van der Waals surface area (Å²) in [7, 11) is 1.59. The predicted molar refractivity (Wildman–Crippen MR) is 159 cm³/mol. The third-order valence-corrected chi connectivity index (χ3v) is 7.90. The topological polar surface area (TPSA) is 56.8 Å². The number of carbonyl (C=O) groups is 1. The molecule has 206 valence electrons. The molecule has 0 bridgehead atoms. The number of rotatable bonds is 7. The summed E-state index contributed by atoms with van der Waals surface area (Å²) in [6, 6.07) is 15.8. The van der Waals surface area contributed by atoms with Gasteiger partial charge in [-0.05, 0) is 92.6 Å². The molecule has 40 heavy (non-hydrogen) atoms. The summed E-state index contributed by atoms with van der Waals surface area (Å²) in [4.78, 5) is 13.2. The smallest absolute Gasteiger partial charge is 0.353 e. The number of anilines is 1. The first-order valence-corrected chi connectivity index (χ1v) is 13.9. The highest BCUT2D eigenvalue weighted by Crippen LogP contribution is 2.43. The van der Waals surface area contributed by atoms with Gasteiger partial charge in [-0.1, -0.05) is 18.2 Å². The van der Waals surface area contributed by atoms with Crippen molar-refractivity contribution in [1.29, 1.82) is 0 Å². The summed E-state index contributed by atoms with van der Waals surface area (Å²) in [6.45, 7) is 10.4. The third kappa shape index (κ3) is 5.61. The molecule has 7 heteroatoms. The minimum Gasteiger partial charge on any atom is -0.496 e. The molecule has 0 saturated heterocycles. The van der Waals surface area contributed by atoms with E-state index < -0.39 is 5.97 Å². The van der Waals surface area contributed by atoms with Gasteiger partial charge in [0.25, 0.3) is 0 Å². The fraction of sp³-hybridized carbons (Fsp3) is 0.242. The Bertz CT molecular complexity index is 1640. The summed E-state index contributed by atoms with van der Waals surface area (Å²) >= 11 is 1.35. The minimum atomic E-state index is -0.407. The number of methoxy groups -OCH3 is 1. The number of halogens is 1. The number of hydrogen-bond donors (Lipinski definition) is 1. The van der Waals surface area contributed by atoms with Crippen molar-refractivity contribution in [3.05, 3.63) is 99.0 Å². The molecule has 1 N–H and O–H groups in total. The van der Waals surface area contributed by atoms with Gasteiger partial charge in [-0.15, -0.1) is 11.3 Å². The van der Waals surface area contributed by atoms with Crippen molar-refractivity contribution < 1.29 is 23.4 Å². The average molecular weight is 558 g/mol. The summed E-state index contributed by atoms with van der Waals surface area (Å²) in [6.07, 6.45) is 2.20. The fourth-order valence-corrected chi connectivity index (χ4v) is 5.91. The molecule has 1 aliphatic heterocycles. The molecule has 0 spiro atoms. The van der Waals surface area contributed by atoms with Crippen LogP contribution in [0, 0.1) is 19.7 Å². The molecule has 0 aliphatic carbocycles. The Morgan fingerprint density at radius 2 is 1.75 bits per heavy atom. The second-order valence-corrected chi connectivity index (χ2v) is 11.5. The van der Waals surface area contributed by atoms with Gasteiger partial charge < -0.3 is 19.5 Å². The quantitative estimate of drug-likeness (QED) is 0.182.